The van der Waals surface area contributed by atoms with Crippen LogP contribution in [0.2, 0.25) is 10.0 Å². The zero-order valence-corrected chi connectivity index (χ0v) is 13.8. The van der Waals surface area contributed by atoms with Gasteiger partial charge in [0, 0.05) is 10.6 Å². The SMILES string of the molecule is Cc1ccc(C)c(CC(C)(N)c2cc(F)c(Cl)cc2Cl)c1. The molecule has 1 nitrogen and oxygen atoms in total. The van der Waals surface area contributed by atoms with E-state index in [0.717, 1.165) is 11.1 Å². The van der Waals surface area contributed by atoms with Crippen molar-refractivity contribution < 1.29 is 4.39 Å². The van der Waals surface area contributed by atoms with Crippen molar-refractivity contribution in [1.29, 1.82) is 0 Å². The minimum Gasteiger partial charge on any atom is -0.321 e. The second-order valence-electron chi connectivity index (χ2n) is 5.77. The van der Waals surface area contributed by atoms with Crippen LogP contribution in [-0.2, 0) is 12.0 Å². The molecule has 4 heteroatoms. The summed E-state index contributed by atoms with van der Waals surface area (Å²) in [5.74, 6) is -0.506. The van der Waals surface area contributed by atoms with Gasteiger partial charge in [-0.2, -0.15) is 0 Å². The average molecular weight is 326 g/mol. The Morgan fingerprint density at radius 3 is 2.43 bits per heavy atom. The lowest BCUT2D eigenvalue weighted by atomic mass is 9.84. The highest BCUT2D eigenvalue weighted by Crippen LogP contribution is 2.33. The third-order valence-electron chi connectivity index (χ3n) is 3.69. The van der Waals surface area contributed by atoms with E-state index < -0.39 is 11.4 Å². The van der Waals surface area contributed by atoms with Gasteiger partial charge >= 0.3 is 0 Å². The second kappa shape index (κ2) is 5.96. The smallest absolute Gasteiger partial charge is 0.142 e. The van der Waals surface area contributed by atoms with E-state index in [0.29, 0.717) is 17.0 Å². The normalized spacial score (nSPS) is 14.0. The van der Waals surface area contributed by atoms with Crippen LogP contribution in [0.15, 0.2) is 30.3 Å². The van der Waals surface area contributed by atoms with E-state index in [4.69, 9.17) is 28.9 Å². The van der Waals surface area contributed by atoms with Crippen molar-refractivity contribution >= 4 is 23.2 Å². The summed E-state index contributed by atoms with van der Waals surface area (Å²) in [6, 6.07) is 8.95. The molecule has 1 unspecified atom stereocenters. The van der Waals surface area contributed by atoms with Crippen LogP contribution in [0.3, 0.4) is 0 Å². The molecule has 2 aromatic carbocycles. The number of benzene rings is 2. The summed E-state index contributed by atoms with van der Waals surface area (Å²) in [7, 11) is 0. The predicted octanol–water partition coefficient (Wildman–Crippen LogP) is 5.17. The van der Waals surface area contributed by atoms with Gasteiger partial charge in [0.25, 0.3) is 0 Å². The third kappa shape index (κ3) is 3.57. The monoisotopic (exact) mass is 325 g/mol. The van der Waals surface area contributed by atoms with Crippen LogP contribution in [0.5, 0.6) is 0 Å². The molecule has 21 heavy (non-hydrogen) atoms. The number of hydrogen-bond donors (Lipinski definition) is 1. The molecule has 0 amide bonds. The fourth-order valence-electron chi connectivity index (χ4n) is 2.44. The highest BCUT2D eigenvalue weighted by molar-refractivity contribution is 6.35. The van der Waals surface area contributed by atoms with E-state index in [9.17, 15) is 4.39 Å². The van der Waals surface area contributed by atoms with E-state index in [1.807, 2.05) is 20.8 Å². The van der Waals surface area contributed by atoms with Crippen LogP contribution < -0.4 is 5.73 Å². The van der Waals surface area contributed by atoms with Gasteiger partial charge in [0.1, 0.15) is 5.82 Å². The van der Waals surface area contributed by atoms with Gasteiger partial charge in [0.05, 0.1) is 5.02 Å². The molecular weight excluding hydrogens is 308 g/mol. The Hall–Kier alpha value is -1.09. The van der Waals surface area contributed by atoms with Crippen molar-refractivity contribution in [1.82, 2.24) is 0 Å². The van der Waals surface area contributed by atoms with Gasteiger partial charge in [-0.3, -0.25) is 0 Å². The maximum atomic E-state index is 13.7. The van der Waals surface area contributed by atoms with Crippen LogP contribution >= 0.6 is 23.2 Å². The fourth-order valence-corrected chi connectivity index (χ4v) is 3.04. The summed E-state index contributed by atoms with van der Waals surface area (Å²) in [5, 5.41) is 0.392. The van der Waals surface area contributed by atoms with Crippen molar-refractivity contribution in [2.75, 3.05) is 0 Å². The van der Waals surface area contributed by atoms with Gasteiger partial charge < -0.3 is 5.73 Å². The molecule has 0 saturated carbocycles. The molecule has 0 aliphatic rings. The van der Waals surface area contributed by atoms with Crippen molar-refractivity contribution in [3.05, 3.63) is 68.4 Å². The summed E-state index contributed by atoms with van der Waals surface area (Å²) in [6.07, 6.45) is 0.571. The lowest BCUT2D eigenvalue weighted by Crippen LogP contribution is -2.36. The molecule has 0 aliphatic heterocycles. The zero-order valence-electron chi connectivity index (χ0n) is 12.3. The van der Waals surface area contributed by atoms with E-state index in [-0.39, 0.29) is 5.02 Å². The maximum Gasteiger partial charge on any atom is 0.142 e. The van der Waals surface area contributed by atoms with Gasteiger partial charge in [0.2, 0.25) is 0 Å². The molecule has 0 heterocycles. The van der Waals surface area contributed by atoms with E-state index in [2.05, 4.69) is 18.2 Å². The van der Waals surface area contributed by atoms with Crippen LogP contribution in [0, 0.1) is 19.7 Å². The molecular formula is C17H18Cl2FN. The zero-order chi connectivity index (χ0) is 15.8. The van der Waals surface area contributed by atoms with Crippen molar-refractivity contribution in [2.45, 2.75) is 32.7 Å². The number of rotatable bonds is 3. The van der Waals surface area contributed by atoms with Crippen LogP contribution in [0.1, 0.15) is 29.2 Å². The number of hydrogen-bond acceptors (Lipinski definition) is 1. The molecule has 112 valence electrons. The number of halogens is 3. The fraction of sp³-hybridized carbons (Fsp3) is 0.294. The third-order valence-corrected chi connectivity index (χ3v) is 4.29. The number of aryl methyl sites for hydroxylation is 2. The highest BCUT2D eigenvalue weighted by Gasteiger charge is 2.26. The molecule has 0 spiro atoms. The molecule has 0 radical (unpaired) electrons. The molecule has 0 aliphatic carbocycles. The van der Waals surface area contributed by atoms with Gasteiger partial charge in [-0.25, -0.2) is 4.39 Å². The molecule has 2 rings (SSSR count). The first-order valence-corrected chi connectivity index (χ1v) is 7.46. The quantitative estimate of drug-likeness (QED) is 0.774. The Morgan fingerprint density at radius 1 is 1.10 bits per heavy atom. The minimum absolute atomic E-state index is 0.00582. The van der Waals surface area contributed by atoms with Gasteiger partial charge in [-0.15, -0.1) is 0 Å². The Morgan fingerprint density at radius 2 is 1.76 bits per heavy atom. The Balaban J connectivity index is 2.42. The standard InChI is InChI=1S/C17H18Cl2FN/c1-10-4-5-11(2)12(6-10)9-17(3,21)13-7-16(20)15(19)8-14(13)18/h4-8H,9,21H2,1-3H3. The molecule has 2 N–H and O–H groups in total. The Bertz CT molecular complexity index is 681. The van der Waals surface area contributed by atoms with Crippen LogP contribution in [0.25, 0.3) is 0 Å². The first-order valence-electron chi connectivity index (χ1n) is 6.71. The first kappa shape index (κ1) is 16.3. The summed E-state index contributed by atoms with van der Waals surface area (Å²) >= 11 is 11.9. The Labute approximate surface area is 134 Å². The lowest BCUT2D eigenvalue weighted by molar-refractivity contribution is 0.485. The Kier molecular flexibility index (Phi) is 4.62. The molecule has 2 aromatic rings. The lowest BCUT2D eigenvalue weighted by Gasteiger charge is -2.27. The predicted molar refractivity (Wildman–Crippen MR) is 87.6 cm³/mol. The largest absolute Gasteiger partial charge is 0.321 e. The molecule has 0 fully saturated rings. The van der Waals surface area contributed by atoms with Crippen LogP contribution in [0.4, 0.5) is 4.39 Å². The van der Waals surface area contributed by atoms with E-state index in [1.54, 1.807) is 0 Å². The van der Waals surface area contributed by atoms with Crippen molar-refractivity contribution in [3.8, 4) is 0 Å². The number of nitrogens with two attached hydrogens (primary N) is 1. The van der Waals surface area contributed by atoms with E-state index in [1.165, 1.54) is 17.7 Å². The van der Waals surface area contributed by atoms with Gasteiger partial charge in [-0.05, 0) is 56.0 Å². The molecule has 0 bridgehead atoms. The van der Waals surface area contributed by atoms with Gasteiger partial charge in [-0.1, -0.05) is 47.0 Å². The topological polar surface area (TPSA) is 26.0 Å². The summed E-state index contributed by atoms with van der Waals surface area (Å²) in [4.78, 5) is 0. The summed E-state index contributed by atoms with van der Waals surface area (Å²) < 4.78 is 13.7. The molecule has 0 saturated heterocycles. The molecule has 1 atom stereocenters. The minimum atomic E-state index is -0.777. The summed E-state index contributed by atoms with van der Waals surface area (Å²) in [6.45, 7) is 5.92. The maximum absolute atomic E-state index is 13.7. The van der Waals surface area contributed by atoms with Crippen molar-refractivity contribution in [2.24, 2.45) is 5.73 Å². The highest BCUT2D eigenvalue weighted by atomic mass is 35.5. The van der Waals surface area contributed by atoms with E-state index >= 15 is 0 Å². The first-order chi connectivity index (χ1) is 9.70. The second-order valence-corrected chi connectivity index (χ2v) is 6.58. The van der Waals surface area contributed by atoms with Crippen LogP contribution in [-0.4, -0.2) is 0 Å². The molecule has 0 aromatic heterocycles. The average Bonchev–Trinajstić information content (AvgIpc) is 2.37. The van der Waals surface area contributed by atoms with Gasteiger partial charge in [0.15, 0.2) is 0 Å². The summed E-state index contributed by atoms with van der Waals surface area (Å²) in [5.41, 5.74) is 9.65. The van der Waals surface area contributed by atoms with Crippen molar-refractivity contribution in [3.63, 3.8) is 0 Å².